The molecule has 8 nitrogen and oxygen atoms in total. The third-order valence-electron chi connectivity index (χ3n) is 3.98. The topological polar surface area (TPSA) is 100 Å². The van der Waals surface area contributed by atoms with Crippen molar-refractivity contribution in [2.45, 2.75) is 6.42 Å². The number of nitrogens with one attached hydrogen (secondary N) is 1. The van der Waals surface area contributed by atoms with Crippen molar-refractivity contribution in [2.24, 2.45) is 0 Å². The van der Waals surface area contributed by atoms with Crippen molar-refractivity contribution in [3.8, 4) is 17.2 Å². The van der Waals surface area contributed by atoms with E-state index in [1.54, 1.807) is 18.2 Å². The largest absolute Gasteiger partial charge is 0.496 e. The highest BCUT2D eigenvalue weighted by molar-refractivity contribution is 6.32. The molecule has 2 amide bonds. The predicted octanol–water partition coefficient (Wildman–Crippen LogP) is 2.62. The van der Waals surface area contributed by atoms with E-state index in [9.17, 15) is 14.4 Å². The Balaban J connectivity index is 1.60. The minimum Gasteiger partial charge on any atom is -0.496 e. The molecule has 0 aliphatic carbocycles. The van der Waals surface area contributed by atoms with Gasteiger partial charge in [-0.1, -0.05) is 23.7 Å². The summed E-state index contributed by atoms with van der Waals surface area (Å²) in [5.41, 5.74) is 0.285. The summed E-state index contributed by atoms with van der Waals surface area (Å²) in [5.74, 6) is -1.23. The lowest BCUT2D eigenvalue weighted by Gasteiger charge is -2.11. The number of amides is 2. The van der Waals surface area contributed by atoms with Gasteiger partial charge in [0.15, 0.2) is 18.1 Å². The molecule has 1 aliphatic heterocycles. The fourth-order valence-electron chi connectivity index (χ4n) is 2.63. The summed E-state index contributed by atoms with van der Waals surface area (Å²) in [6.07, 6.45) is 0.686. The number of hydrogen-bond donors (Lipinski definition) is 1. The highest BCUT2D eigenvalue weighted by atomic mass is 35.5. The van der Waals surface area contributed by atoms with Gasteiger partial charge >= 0.3 is 5.97 Å². The average molecular weight is 420 g/mol. The number of para-hydroxylation sites is 1. The molecule has 0 atom stereocenters. The van der Waals surface area contributed by atoms with E-state index in [4.69, 9.17) is 30.5 Å². The van der Waals surface area contributed by atoms with Crippen LogP contribution in [0.25, 0.3) is 0 Å². The van der Waals surface area contributed by atoms with Crippen LogP contribution >= 0.6 is 11.6 Å². The molecule has 9 heteroatoms. The van der Waals surface area contributed by atoms with Crippen molar-refractivity contribution < 1.29 is 33.3 Å². The van der Waals surface area contributed by atoms with Crippen LogP contribution in [0.3, 0.4) is 0 Å². The van der Waals surface area contributed by atoms with Crippen LogP contribution in [-0.2, 0) is 9.53 Å². The Morgan fingerprint density at radius 1 is 1.14 bits per heavy atom. The Kier molecular flexibility index (Phi) is 6.56. The molecule has 0 radical (unpaired) electrons. The zero-order chi connectivity index (χ0) is 20.8. The molecule has 3 rings (SSSR count). The Morgan fingerprint density at radius 2 is 1.90 bits per heavy atom. The van der Waals surface area contributed by atoms with Gasteiger partial charge in [-0.3, -0.25) is 14.9 Å². The van der Waals surface area contributed by atoms with Gasteiger partial charge in [0.25, 0.3) is 11.8 Å². The third kappa shape index (κ3) is 4.97. The molecule has 0 saturated carbocycles. The number of hydrogen-bond acceptors (Lipinski definition) is 7. The van der Waals surface area contributed by atoms with Gasteiger partial charge in [0, 0.05) is 6.42 Å². The average Bonchev–Trinajstić information content (AvgIpc) is 2.97. The highest BCUT2D eigenvalue weighted by Gasteiger charge is 2.20. The van der Waals surface area contributed by atoms with E-state index >= 15 is 0 Å². The van der Waals surface area contributed by atoms with Crippen LogP contribution < -0.4 is 19.5 Å². The van der Waals surface area contributed by atoms with Gasteiger partial charge in [0.1, 0.15) is 5.75 Å². The summed E-state index contributed by atoms with van der Waals surface area (Å²) in [4.78, 5) is 36.4. The van der Waals surface area contributed by atoms with Gasteiger partial charge in [-0.2, -0.15) is 0 Å². The SMILES string of the molecule is COc1ccccc1C(=O)NC(=O)COC(=O)c1cc(Cl)c2c(c1)OCCCO2. The van der Waals surface area contributed by atoms with Gasteiger partial charge in [0.2, 0.25) is 0 Å². The van der Waals surface area contributed by atoms with Crippen molar-refractivity contribution in [3.05, 3.63) is 52.5 Å². The molecule has 0 spiro atoms. The van der Waals surface area contributed by atoms with Crippen LogP contribution in [0.4, 0.5) is 0 Å². The Hall–Kier alpha value is -3.26. The van der Waals surface area contributed by atoms with Crippen molar-refractivity contribution in [1.29, 1.82) is 0 Å². The molecule has 29 heavy (non-hydrogen) atoms. The third-order valence-corrected chi connectivity index (χ3v) is 4.26. The number of rotatable bonds is 5. The smallest absolute Gasteiger partial charge is 0.338 e. The fraction of sp³-hybridized carbons (Fsp3) is 0.250. The summed E-state index contributed by atoms with van der Waals surface area (Å²) in [5, 5.41) is 2.34. The first kappa shape index (κ1) is 20.5. The van der Waals surface area contributed by atoms with Gasteiger partial charge in [-0.25, -0.2) is 4.79 Å². The maximum absolute atomic E-state index is 12.3. The van der Waals surface area contributed by atoms with E-state index in [1.807, 2.05) is 0 Å². The first-order chi connectivity index (χ1) is 14.0. The number of methoxy groups -OCH3 is 1. The highest BCUT2D eigenvalue weighted by Crippen LogP contribution is 2.38. The zero-order valence-corrected chi connectivity index (χ0v) is 16.3. The molecule has 0 saturated heterocycles. The minimum atomic E-state index is -0.789. The number of imide groups is 1. The number of fused-ring (bicyclic) bond motifs is 1. The number of benzene rings is 2. The number of esters is 1. The van der Waals surface area contributed by atoms with Gasteiger partial charge < -0.3 is 18.9 Å². The van der Waals surface area contributed by atoms with Crippen LogP contribution in [0.15, 0.2) is 36.4 Å². The molecular formula is C20H18ClNO7. The Morgan fingerprint density at radius 3 is 2.69 bits per heavy atom. The van der Waals surface area contributed by atoms with Crippen molar-refractivity contribution in [1.82, 2.24) is 5.32 Å². The van der Waals surface area contributed by atoms with Gasteiger partial charge in [-0.05, 0) is 24.3 Å². The van der Waals surface area contributed by atoms with Crippen LogP contribution in [-0.4, -0.2) is 44.7 Å². The number of halogens is 1. The second-order valence-electron chi connectivity index (χ2n) is 5.99. The lowest BCUT2D eigenvalue weighted by Crippen LogP contribution is -2.34. The summed E-state index contributed by atoms with van der Waals surface area (Å²) in [6.45, 7) is 0.234. The summed E-state index contributed by atoms with van der Waals surface area (Å²) < 4.78 is 21.1. The number of carbonyl (C=O) groups is 3. The molecule has 2 aromatic rings. The lowest BCUT2D eigenvalue weighted by molar-refractivity contribution is -0.123. The Bertz CT molecular complexity index is 944. The molecular weight excluding hydrogens is 402 g/mol. The number of ether oxygens (including phenoxy) is 4. The molecule has 1 heterocycles. The molecule has 2 aromatic carbocycles. The van der Waals surface area contributed by atoms with E-state index in [0.29, 0.717) is 36.9 Å². The van der Waals surface area contributed by atoms with E-state index < -0.39 is 24.4 Å². The molecule has 0 aromatic heterocycles. The first-order valence-electron chi connectivity index (χ1n) is 8.73. The van der Waals surface area contributed by atoms with E-state index in [-0.39, 0.29) is 16.1 Å². The standard InChI is InChI=1S/C20H18ClNO7/c1-26-15-6-3-2-5-13(15)19(24)22-17(23)11-29-20(25)12-9-14(21)18-16(10-12)27-7-4-8-28-18/h2-3,5-6,9-10H,4,7-8,11H2,1H3,(H,22,23,24). The summed E-state index contributed by atoms with van der Waals surface area (Å²) in [7, 11) is 1.41. The van der Waals surface area contributed by atoms with E-state index in [2.05, 4.69) is 5.32 Å². The first-order valence-corrected chi connectivity index (χ1v) is 9.11. The molecule has 0 bridgehead atoms. The van der Waals surface area contributed by atoms with Gasteiger partial charge in [0.05, 0.1) is 36.5 Å². The predicted molar refractivity (Wildman–Crippen MR) is 103 cm³/mol. The molecule has 1 aliphatic rings. The summed E-state index contributed by atoms with van der Waals surface area (Å²) in [6, 6.07) is 9.23. The van der Waals surface area contributed by atoms with Crippen LogP contribution in [0.2, 0.25) is 5.02 Å². The van der Waals surface area contributed by atoms with Crippen molar-refractivity contribution in [2.75, 3.05) is 26.9 Å². The van der Waals surface area contributed by atoms with Crippen LogP contribution in [0.5, 0.6) is 17.2 Å². The number of carbonyl (C=O) groups excluding carboxylic acids is 3. The molecule has 152 valence electrons. The van der Waals surface area contributed by atoms with Crippen LogP contribution in [0.1, 0.15) is 27.1 Å². The second-order valence-corrected chi connectivity index (χ2v) is 6.40. The van der Waals surface area contributed by atoms with E-state index in [0.717, 1.165) is 0 Å². The van der Waals surface area contributed by atoms with Gasteiger partial charge in [-0.15, -0.1) is 0 Å². The monoisotopic (exact) mass is 419 g/mol. The van der Waals surface area contributed by atoms with E-state index in [1.165, 1.54) is 25.3 Å². The zero-order valence-electron chi connectivity index (χ0n) is 15.5. The fourth-order valence-corrected chi connectivity index (χ4v) is 2.89. The maximum Gasteiger partial charge on any atom is 0.338 e. The van der Waals surface area contributed by atoms with Crippen molar-refractivity contribution in [3.63, 3.8) is 0 Å². The summed E-state index contributed by atoms with van der Waals surface area (Å²) >= 11 is 6.14. The molecule has 0 unspecified atom stereocenters. The van der Waals surface area contributed by atoms with Crippen LogP contribution in [0, 0.1) is 0 Å². The molecule has 1 N–H and O–H groups in total. The lowest BCUT2D eigenvalue weighted by atomic mass is 10.2. The normalized spacial score (nSPS) is 12.5. The molecule has 0 fully saturated rings. The second kappa shape index (κ2) is 9.29. The quantitative estimate of drug-likeness (QED) is 0.743. The maximum atomic E-state index is 12.3. The minimum absolute atomic E-state index is 0.100. The Labute approximate surface area is 171 Å². The van der Waals surface area contributed by atoms with Crippen molar-refractivity contribution >= 4 is 29.4 Å².